The summed E-state index contributed by atoms with van der Waals surface area (Å²) in [6, 6.07) is 10.6. The Morgan fingerprint density at radius 2 is 1.46 bits per heavy atom. The number of hydrogen-bond donors (Lipinski definition) is 0. The van der Waals surface area contributed by atoms with Crippen molar-refractivity contribution < 1.29 is 9.96 Å². The number of benzene rings is 1. The van der Waals surface area contributed by atoms with Crippen LogP contribution in [0.4, 0.5) is 0 Å². The predicted octanol–water partition coefficient (Wildman–Crippen LogP) is 1.34. The van der Waals surface area contributed by atoms with E-state index in [4.69, 9.17) is 0 Å². The first-order chi connectivity index (χ1) is 5.08. The molecule has 0 fully saturated rings. The third-order valence-electron chi connectivity index (χ3n) is 1.50. The average molecular weight is 190 g/mol. The summed E-state index contributed by atoms with van der Waals surface area (Å²) in [5.74, 6) is 0. The van der Waals surface area contributed by atoms with E-state index >= 15 is 0 Å². The van der Waals surface area contributed by atoms with Crippen molar-refractivity contribution in [3.05, 3.63) is 35.9 Å². The Balaban J connectivity index is 0. The van der Waals surface area contributed by atoms with E-state index in [-0.39, 0.29) is 35.0 Å². The molecule has 0 spiro atoms. The molecule has 0 saturated carbocycles. The van der Waals surface area contributed by atoms with Gasteiger partial charge in [-0.05, 0) is 0 Å². The molecule has 0 aliphatic carbocycles. The maximum Gasteiger partial charge on any atom is 0.104 e. The van der Waals surface area contributed by atoms with Crippen LogP contribution in [0.2, 0.25) is 0 Å². The molecule has 0 aromatic heterocycles. The van der Waals surface area contributed by atoms with Crippen molar-refractivity contribution in [2.75, 3.05) is 21.1 Å². The Labute approximate surface area is 103 Å². The van der Waals surface area contributed by atoms with E-state index in [2.05, 4.69) is 51.5 Å². The van der Waals surface area contributed by atoms with E-state index in [1.165, 1.54) is 5.56 Å². The fourth-order valence-electron chi connectivity index (χ4n) is 1.13. The van der Waals surface area contributed by atoms with E-state index in [1.807, 2.05) is 0 Å². The van der Waals surface area contributed by atoms with Crippen molar-refractivity contribution in [1.82, 2.24) is 0 Å². The monoisotopic (exact) mass is 190 g/mol. The van der Waals surface area contributed by atoms with Gasteiger partial charge in [-0.1, -0.05) is 30.3 Å². The molecule has 0 amide bonds. The molecule has 0 atom stereocenters. The van der Waals surface area contributed by atoms with Crippen LogP contribution in [0.25, 0.3) is 0 Å². The number of quaternary nitrogens is 1. The summed E-state index contributed by atoms with van der Waals surface area (Å²) in [6.45, 7) is 1.10. The molecule has 1 rings (SSSR count). The van der Waals surface area contributed by atoms with Gasteiger partial charge in [-0.15, -0.1) is 0 Å². The molecule has 13 heavy (non-hydrogen) atoms. The largest absolute Gasteiger partial charge is 0.870 e. The fourth-order valence-corrected chi connectivity index (χ4v) is 1.13. The second kappa shape index (κ2) is 6.57. The van der Waals surface area contributed by atoms with E-state index in [1.54, 1.807) is 0 Å². The van der Waals surface area contributed by atoms with Gasteiger partial charge >= 0.3 is 0 Å². The molecule has 1 aromatic carbocycles. The molecule has 0 bridgehead atoms. The van der Waals surface area contributed by atoms with Crippen molar-refractivity contribution in [2.24, 2.45) is 0 Å². The maximum atomic E-state index is 2.20. The summed E-state index contributed by atoms with van der Waals surface area (Å²) < 4.78 is 0.990. The normalized spacial score (nSPS) is 9.77. The van der Waals surface area contributed by atoms with Gasteiger partial charge in [-0.3, -0.25) is 0 Å². The zero-order valence-electron chi connectivity index (χ0n) is 8.99. The molecule has 0 aliphatic rings. The summed E-state index contributed by atoms with van der Waals surface area (Å²) in [4.78, 5) is 0. The summed E-state index contributed by atoms with van der Waals surface area (Å²) in [5, 5.41) is 0. The summed E-state index contributed by atoms with van der Waals surface area (Å²) in [6.07, 6.45) is 0. The van der Waals surface area contributed by atoms with E-state index in [0.717, 1.165) is 11.0 Å². The van der Waals surface area contributed by atoms with Crippen molar-refractivity contribution >= 4 is 29.6 Å². The van der Waals surface area contributed by atoms with Crippen LogP contribution in [-0.2, 0) is 6.54 Å². The van der Waals surface area contributed by atoms with Gasteiger partial charge < -0.3 is 9.96 Å². The molecule has 0 saturated heterocycles. The zero-order chi connectivity index (χ0) is 8.32. The van der Waals surface area contributed by atoms with Gasteiger partial charge in [0.25, 0.3) is 0 Å². The number of nitrogens with zero attached hydrogens (tertiary/aromatic N) is 1. The SMILES string of the molecule is C[N+](C)(C)Cc1ccccc1.[Na].[OH-]. The molecule has 1 aromatic rings. The van der Waals surface area contributed by atoms with E-state index in [9.17, 15) is 0 Å². The summed E-state index contributed by atoms with van der Waals surface area (Å²) in [5.41, 5.74) is 1.40. The van der Waals surface area contributed by atoms with Crippen LogP contribution in [0.5, 0.6) is 0 Å². The second-order valence-electron chi connectivity index (χ2n) is 3.93. The number of rotatable bonds is 2. The van der Waals surface area contributed by atoms with Gasteiger partial charge in [0.15, 0.2) is 0 Å². The molecule has 0 unspecified atom stereocenters. The Morgan fingerprint density at radius 3 is 1.85 bits per heavy atom. The van der Waals surface area contributed by atoms with Gasteiger partial charge in [-0.25, -0.2) is 0 Å². The van der Waals surface area contributed by atoms with Crippen LogP contribution in [-0.4, -0.2) is 60.7 Å². The molecule has 69 valence electrons. The van der Waals surface area contributed by atoms with Gasteiger partial charge in [0.2, 0.25) is 0 Å². The van der Waals surface area contributed by atoms with Crippen molar-refractivity contribution in [3.8, 4) is 0 Å². The first-order valence-electron chi connectivity index (χ1n) is 3.92. The molecule has 1 radical (unpaired) electrons. The summed E-state index contributed by atoms with van der Waals surface area (Å²) >= 11 is 0. The fraction of sp³-hybridized carbons (Fsp3) is 0.400. The topological polar surface area (TPSA) is 30.0 Å². The minimum absolute atomic E-state index is 0. The van der Waals surface area contributed by atoms with Gasteiger partial charge in [0, 0.05) is 35.1 Å². The van der Waals surface area contributed by atoms with Gasteiger partial charge in [-0.2, -0.15) is 0 Å². The minimum Gasteiger partial charge on any atom is -0.870 e. The van der Waals surface area contributed by atoms with E-state index in [0.29, 0.717) is 0 Å². The Hall–Kier alpha value is 0.140. The van der Waals surface area contributed by atoms with Crippen LogP contribution in [0.3, 0.4) is 0 Å². The molecular weight excluding hydrogens is 173 g/mol. The van der Waals surface area contributed by atoms with Crippen molar-refractivity contribution in [1.29, 1.82) is 0 Å². The third-order valence-corrected chi connectivity index (χ3v) is 1.50. The minimum atomic E-state index is 0. The molecule has 2 nitrogen and oxygen atoms in total. The second-order valence-corrected chi connectivity index (χ2v) is 3.93. The smallest absolute Gasteiger partial charge is 0.104 e. The molecule has 0 aliphatic heterocycles. The predicted molar refractivity (Wildman–Crippen MR) is 55.9 cm³/mol. The van der Waals surface area contributed by atoms with Crippen LogP contribution < -0.4 is 0 Å². The van der Waals surface area contributed by atoms with Crippen LogP contribution in [0, 0.1) is 0 Å². The Bertz CT molecular complexity index is 218. The first-order valence-corrected chi connectivity index (χ1v) is 3.92. The van der Waals surface area contributed by atoms with Crippen LogP contribution >= 0.6 is 0 Å². The van der Waals surface area contributed by atoms with Gasteiger partial charge in [0.05, 0.1) is 21.1 Å². The molecule has 0 heterocycles. The standard InChI is InChI=1S/C10H16N.Na.H2O/c1-11(2,3)9-10-7-5-4-6-8-10;;/h4-8H,9H2,1-3H3;;1H2/q+1;;/p-1. The quantitative estimate of drug-likeness (QED) is 0.511. The zero-order valence-corrected chi connectivity index (χ0v) is 11.0. The van der Waals surface area contributed by atoms with Crippen LogP contribution in [0.15, 0.2) is 30.3 Å². The maximum absolute atomic E-state index is 2.20. The Morgan fingerprint density at radius 1 is 1.00 bits per heavy atom. The van der Waals surface area contributed by atoms with Crippen molar-refractivity contribution in [2.45, 2.75) is 6.54 Å². The first kappa shape index (κ1) is 15.6. The molecule has 1 N–H and O–H groups in total. The Kier molecular flexibility index (Phi) is 7.89. The summed E-state index contributed by atoms with van der Waals surface area (Å²) in [7, 11) is 6.60. The van der Waals surface area contributed by atoms with E-state index < -0.39 is 0 Å². The third kappa shape index (κ3) is 7.23. The van der Waals surface area contributed by atoms with Crippen molar-refractivity contribution in [3.63, 3.8) is 0 Å². The van der Waals surface area contributed by atoms with Gasteiger partial charge in [0.1, 0.15) is 6.54 Å². The van der Waals surface area contributed by atoms with Crippen LogP contribution in [0.1, 0.15) is 5.56 Å². The molecular formula is C10H17NNaO. The number of hydrogen-bond acceptors (Lipinski definition) is 1. The molecule has 3 heteroatoms. The average Bonchev–Trinajstić information content (AvgIpc) is 1.85.